The van der Waals surface area contributed by atoms with Gasteiger partial charge < -0.3 is 10.2 Å². The molecule has 1 aliphatic heterocycles. The molecule has 2 heterocycles. The largest absolute Gasteiger partial charge is 0.346 e. The third-order valence-electron chi connectivity index (χ3n) is 4.56. The molecule has 25 heavy (non-hydrogen) atoms. The maximum absolute atomic E-state index is 13.7. The van der Waals surface area contributed by atoms with Crippen LogP contribution in [0.25, 0.3) is 0 Å². The molecule has 1 aromatic carbocycles. The molecule has 0 aliphatic carbocycles. The van der Waals surface area contributed by atoms with Crippen molar-refractivity contribution in [1.82, 2.24) is 19.6 Å². The van der Waals surface area contributed by atoms with Gasteiger partial charge in [-0.1, -0.05) is 0 Å². The lowest BCUT2D eigenvalue weighted by atomic mass is 10.2. The molecule has 1 aliphatic rings. The quantitative estimate of drug-likeness (QED) is 0.846. The van der Waals surface area contributed by atoms with E-state index in [9.17, 15) is 8.78 Å². The van der Waals surface area contributed by atoms with Crippen molar-refractivity contribution < 1.29 is 8.78 Å². The molecule has 1 N–H and O–H groups in total. The molecule has 3 rings (SSSR count). The van der Waals surface area contributed by atoms with Gasteiger partial charge >= 0.3 is 0 Å². The van der Waals surface area contributed by atoms with E-state index in [0.29, 0.717) is 5.11 Å². The van der Waals surface area contributed by atoms with Crippen LogP contribution in [0, 0.1) is 18.6 Å². The van der Waals surface area contributed by atoms with Crippen LogP contribution in [0.1, 0.15) is 11.3 Å². The van der Waals surface area contributed by atoms with Gasteiger partial charge in [-0.15, -0.1) is 0 Å². The molecule has 0 amide bonds. The second kappa shape index (κ2) is 7.45. The zero-order chi connectivity index (χ0) is 18.0. The minimum atomic E-state index is -0.645. The molecule has 134 valence electrons. The van der Waals surface area contributed by atoms with E-state index in [1.54, 1.807) is 0 Å². The van der Waals surface area contributed by atoms with Crippen molar-refractivity contribution in [2.75, 3.05) is 31.5 Å². The Labute approximate surface area is 151 Å². The number of hydrogen-bond donors (Lipinski definition) is 1. The molecule has 1 aromatic heterocycles. The van der Waals surface area contributed by atoms with Gasteiger partial charge in [-0.05, 0) is 31.3 Å². The molecule has 0 saturated carbocycles. The summed E-state index contributed by atoms with van der Waals surface area (Å²) in [6.45, 7) is 6.17. The fourth-order valence-electron chi connectivity index (χ4n) is 2.83. The van der Waals surface area contributed by atoms with Crippen molar-refractivity contribution in [1.29, 1.82) is 0 Å². The minimum Gasteiger partial charge on any atom is -0.346 e. The number of thiocarbonyl (C=S) groups is 1. The van der Waals surface area contributed by atoms with Gasteiger partial charge in [0.2, 0.25) is 0 Å². The Morgan fingerprint density at radius 2 is 1.96 bits per heavy atom. The van der Waals surface area contributed by atoms with Gasteiger partial charge in [-0.2, -0.15) is 5.10 Å². The maximum atomic E-state index is 13.7. The molecule has 5 nitrogen and oxygen atoms in total. The van der Waals surface area contributed by atoms with E-state index in [0.717, 1.165) is 38.8 Å². The van der Waals surface area contributed by atoms with E-state index in [2.05, 4.69) is 22.2 Å². The molecule has 0 radical (unpaired) electrons. The van der Waals surface area contributed by atoms with Crippen molar-refractivity contribution in [3.8, 4) is 0 Å². The summed E-state index contributed by atoms with van der Waals surface area (Å²) in [5.41, 5.74) is 2.59. The van der Waals surface area contributed by atoms with Crippen molar-refractivity contribution in [3.63, 3.8) is 0 Å². The summed E-state index contributed by atoms with van der Waals surface area (Å²) in [6, 6.07) is 3.42. The number of benzene rings is 1. The van der Waals surface area contributed by atoms with Crippen LogP contribution in [0.4, 0.5) is 14.5 Å². The van der Waals surface area contributed by atoms with Gasteiger partial charge in [0.05, 0.1) is 11.9 Å². The van der Waals surface area contributed by atoms with Crippen LogP contribution in [0.15, 0.2) is 24.4 Å². The number of piperazine rings is 1. The van der Waals surface area contributed by atoms with Gasteiger partial charge in [-0.25, -0.2) is 8.78 Å². The normalized spacial score (nSPS) is 15.4. The standard InChI is InChI=1S/C17H21F2N5S/c1-12-13(10-20-22(12)2)11-23-5-7-24(8-6-23)17(25)21-16-4-3-14(18)9-15(16)19/h3-4,9-10H,5-8,11H2,1-2H3,(H,21,25). The number of halogens is 2. The first-order valence-corrected chi connectivity index (χ1v) is 8.55. The SMILES string of the molecule is Cc1c(CN2CCN(C(=S)Nc3ccc(F)cc3F)CC2)cnn1C. The van der Waals surface area contributed by atoms with Crippen LogP contribution in [0.3, 0.4) is 0 Å². The number of aryl methyl sites for hydroxylation is 1. The highest BCUT2D eigenvalue weighted by Crippen LogP contribution is 2.17. The molecule has 1 saturated heterocycles. The van der Waals surface area contributed by atoms with Gasteiger partial charge in [0.1, 0.15) is 11.6 Å². The molecule has 8 heteroatoms. The average Bonchev–Trinajstić information content (AvgIpc) is 2.90. The first-order valence-electron chi connectivity index (χ1n) is 8.15. The Bertz CT molecular complexity index is 768. The summed E-state index contributed by atoms with van der Waals surface area (Å²) in [5, 5.41) is 7.60. The lowest BCUT2D eigenvalue weighted by Crippen LogP contribution is -2.49. The molecule has 0 unspecified atom stereocenters. The second-order valence-corrected chi connectivity index (χ2v) is 6.58. The second-order valence-electron chi connectivity index (χ2n) is 6.20. The number of hydrogen-bond acceptors (Lipinski definition) is 3. The Morgan fingerprint density at radius 1 is 1.24 bits per heavy atom. The summed E-state index contributed by atoms with van der Waals surface area (Å²) in [4.78, 5) is 4.35. The highest BCUT2D eigenvalue weighted by Gasteiger charge is 2.20. The summed E-state index contributed by atoms with van der Waals surface area (Å²) in [7, 11) is 1.94. The van der Waals surface area contributed by atoms with Crippen LogP contribution in [0.5, 0.6) is 0 Å². The van der Waals surface area contributed by atoms with Crippen LogP contribution < -0.4 is 5.32 Å². The summed E-state index contributed by atoms with van der Waals surface area (Å²) in [6.07, 6.45) is 1.91. The Balaban J connectivity index is 1.53. The lowest BCUT2D eigenvalue weighted by Gasteiger charge is -2.36. The van der Waals surface area contributed by atoms with Crippen LogP contribution in [-0.2, 0) is 13.6 Å². The van der Waals surface area contributed by atoms with Crippen molar-refractivity contribution >= 4 is 23.0 Å². The maximum Gasteiger partial charge on any atom is 0.173 e. The number of anilines is 1. The van der Waals surface area contributed by atoms with Crippen molar-refractivity contribution in [2.45, 2.75) is 13.5 Å². The van der Waals surface area contributed by atoms with Crippen molar-refractivity contribution in [3.05, 3.63) is 47.3 Å². The highest BCUT2D eigenvalue weighted by molar-refractivity contribution is 7.80. The molecular formula is C17H21F2N5S. The van der Waals surface area contributed by atoms with E-state index < -0.39 is 11.6 Å². The van der Waals surface area contributed by atoms with E-state index in [4.69, 9.17) is 12.2 Å². The van der Waals surface area contributed by atoms with E-state index in [-0.39, 0.29) is 5.69 Å². The fraction of sp³-hybridized carbons (Fsp3) is 0.412. The highest BCUT2D eigenvalue weighted by atomic mass is 32.1. The Morgan fingerprint density at radius 3 is 2.56 bits per heavy atom. The molecule has 0 atom stereocenters. The molecule has 0 spiro atoms. The third kappa shape index (κ3) is 4.13. The first kappa shape index (κ1) is 17.8. The van der Waals surface area contributed by atoms with Gasteiger partial charge in [0.15, 0.2) is 5.11 Å². The number of aromatic nitrogens is 2. The summed E-state index contributed by atoms with van der Waals surface area (Å²) < 4.78 is 28.6. The minimum absolute atomic E-state index is 0.194. The number of nitrogens with one attached hydrogen (secondary N) is 1. The Hall–Kier alpha value is -2.06. The predicted molar refractivity (Wildman–Crippen MR) is 97.4 cm³/mol. The van der Waals surface area contributed by atoms with Crippen LogP contribution >= 0.6 is 12.2 Å². The summed E-state index contributed by atoms with van der Waals surface area (Å²) in [5.74, 6) is -1.25. The zero-order valence-electron chi connectivity index (χ0n) is 14.3. The van der Waals surface area contributed by atoms with Crippen LogP contribution in [-0.4, -0.2) is 50.9 Å². The molecule has 0 bridgehead atoms. The zero-order valence-corrected chi connectivity index (χ0v) is 15.1. The van der Waals surface area contributed by atoms with Crippen LogP contribution in [0.2, 0.25) is 0 Å². The van der Waals surface area contributed by atoms with E-state index in [1.807, 2.05) is 22.8 Å². The Kier molecular flexibility index (Phi) is 5.29. The predicted octanol–water partition coefficient (Wildman–Crippen LogP) is 2.52. The average molecular weight is 365 g/mol. The number of nitrogens with zero attached hydrogens (tertiary/aromatic N) is 4. The number of rotatable bonds is 3. The lowest BCUT2D eigenvalue weighted by molar-refractivity contribution is 0.176. The van der Waals surface area contributed by atoms with Crippen molar-refractivity contribution in [2.24, 2.45) is 7.05 Å². The monoisotopic (exact) mass is 365 g/mol. The van der Waals surface area contributed by atoms with E-state index in [1.165, 1.54) is 23.4 Å². The topological polar surface area (TPSA) is 36.3 Å². The van der Waals surface area contributed by atoms with Gasteiger partial charge in [0.25, 0.3) is 0 Å². The fourth-order valence-corrected chi connectivity index (χ4v) is 3.13. The van der Waals surface area contributed by atoms with Gasteiger partial charge in [-0.3, -0.25) is 9.58 Å². The molecule has 1 fully saturated rings. The molecule has 2 aromatic rings. The summed E-state index contributed by atoms with van der Waals surface area (Å²) >= 11 is 5.36. The van der Waals surface area contributed by atoms with Gasteiger partial charge in [0, 0.05) is 57.1 Å². The smallest absolute Gasteiger partial charge is 0.173 e. The first-order chi connectivity index (χ1) is 11.9. The van der Waals surface area contributed by atoms with E-state index >= 15 is 0 Å². The molecular weight excluding hydrogens is 344 g/mol. The third-order valence-corrected chi connectivity index (χ3v) is 4.92.